The molecule has 140 valence electrons. The lowest BCUT2D eigenvalue weighted by Crippen LogP contribution is -2.09. The maximum atomic E-state index is 12.4. The van der Waals surface area contributed by atoms with Gasteiger partial charge in [-0.2, -0.15) is 8.42 Å². The van der Waals surface area contributed by atoms with Crippen molar-refractivity contribution in [2.75, 3.05) is 0 Å². The van der Waals surface area contributed by atoms with Crippen LogP contribution in [0.4, 0.5) is 0 Å². The van der Waals surface area contributed by atoms with E-state index in [1.165, 1.54) is 12.1 Å². The van der Waals surface area contributed by atoms with Crippen LogP contribution in [0.3, 0.4) is 0 Å². The highest BCUT2D eigenvalue weighted by Gasteiger charge is 2.16. The van der Waals surface area contributed by atoms with Crippen molar-refractivity contribution in [2.45, 2.75) is 11.8 Å². The minimum absolute atomic E-state index is 0.130. The topological polar surface area (TPSA) is 69.2 Å². The van der Waals surface area contributed by atoms with Crippen LogP contribution in [0.1, 0.15) is 5.56 Å². The molecule has 7 heteroatoms. The largest absolute Gasteiger partial charge is 0.379 e. The Kier molecular flexibility index (Phi) is 4.93. The highest BCUT2D eigenvalue weighted by Crippen LogP contribution is 2.32. The standard InChI is InChI=1S/C21H16N2O3S2/c1-15-4-10-19(11-5-15)28(24,25)26-18-8-6-16(7-9-18)20-14-23-21(27-20)17-3-2-12-22-13-17/h2-14H,1H3. The lowest BCUT2D eigenvalue weighted by Gasteiger charge is -2.07. The quantitative estimate of drug-likeness (QED) is 0.437. The first-order chi connectivity index (χ1) is 13.5. The summed E-state index contributed by atoms with van der Waals surface area (Å²) in [5, 5.41) is 0.880. The van der Waals surface area contributed by atoms with Gasteiger partial charge in [-0.15, -0.1) is 11.3 Å². The minimum Gasteiger partial charge on any atom is -0.379 e. The highest BCUT2D eigenvalue weighted by molar-refractivity contribution is 7.87. The van der Waals surface area contributed by atoms with Gasteiger partial charge in [0.1, 0.15) is 15.7 Å². The number of nitrogens with zero attached hydrogens (tertiary/aromatic N) is 2. The molecule has 0 bridgehead atoms. The molecule has 0 saturated carbocycles. The van der Waals surface area contributed by atoms with E-state index in [1.54, 1.807) is 54.2 Å². The first kappa shape index (κ1) is 18.3. The summed E-state index contributed by atoms with van der Waals surface area (Å²) >= 11 is 1.55. The normalized spacial score (nSPS) is 11.3. The number of thiazole rings is 1. The van der Waals surface area contributed by atoms with Crippen LogP contribution in [0, 0.1) is 6.92 Å². The fourth-order valence-corrected chi connectivity index (χ4v) is 4.43. The van der Waals surface area contributed by atoms with E-state index in [0.29, 0.717) is 0 Å². The predicted molar refractivity (Wildman–Crippen MR) is 110 cm³/mol. The van der Waals surface area contributed by atoms with Crippen molar-refractivity contribution >= 4 is 21.5 Å². The van der Waals surface area contributed by atoms with Crippen molar-refractivity contribution in [3.05, 3.63) is 84.8 Å². The van der Waals surface area contributed by atoms with Crippen molar-refractivity contribution in [1.82, 2.24) is 9.97 Å². The Bertz CT molecular complexity index is 1180. The molecule has 0 saturated heterocycles. The van der Waals surface area contributed by atoms with E-state index in [4.69, 9.17) is 4.18 Å². The molecule has 0 amide bonds. The van der Waals surface area contributed by atoms with Gasteiger partial charge in [0.15, 0.2) is 0 Å². The first-order valence-electron chi connectivity index (χ1n) is 8.49. The summed E-state index contributed by atoms with van der Waals surface area (Å²) in [6.45, 7) is 1.90. The number of pyridine rings is 1. The molecule has 0 aliphatic heterocycles. The van der Waals surface area contributed by atoms with Gasteiger partial charge in [-0.25, -0.2) is 4.98 Å². The lowest BCUT2D eigenvalue weighted by atomic mass is 10.2. The van der Waals surface area contributed by atoms with Gasteiger partial charge in [0, 0.05) is 24.2 Å². The fraction of sp³-hybridized carbons (Fsp3) is 0.0476. The van der Waals surface area contributed by atoms with Crippen molar-refractivity contribution in [2.24, 2.45) is 0 Å². The number of hydrogen-bond donors (Lipinski definition) is 0. The number of hydrogen-bond acceptors (Lipinski definition) is 6. The zero-order chi connectivity index (χ0) is 19.6. The summed E-state index contributed by atoms with van der Waals surface area (Å²) in [6.07, 6.45) is 5.29. The van der Waals surface area contributed by atoms with E-state index in [9.17, 15) is 8.42 Å². The van der Waals surface area contributed by atoms with Gasteiger partial charge in [0.25, 0.3) is 0 Å². The number of aryl methyl sites for hydroxylation is 1. The SMILES string of the molecule is Cc1ccc(S(=O)(=O)Oc2ccc(-c3cnc(-c4cccnc4)s3)cc2)cc1. The second kappa shape index (κ2) is 7.53. The molecule has 2 heterocycles. The van der Waals surface area contributed by atoms with Gasteiger partial charge < -0.3 is 4.18 Å². The molecule has 0 unspecified atom stereocenters. The van der Waals surface area contributed by atoms with Crippen LogP contribution in [0.5, 0.6) is 5.75 Å². The highest BCUT2D eigenvalue weighted by atomic mass is 32.2. The Morgan fingerprint density at radius 3 is 2.32 bits per heavy atom. The maximum Gasteiger partial charge on any atom is 0.339 e. The summed E-state index contributed by atoms with van der Waals surface area (Å²) < 4.78 is 30.0. The molecule has 4 rings (SSSR count). The summed E-state index contributed by atoms with van der Waals surface area (Å²) in [6, 6.07) is 17.3. The number of rotatable bonds is 5. The van der Waals surface area contributed by atoms with Crippen LogP contribution in [-0.4, -0.2) is 18.4 Å². The number of aromatic nitrogens is 2. The van der Waals surface area contributed by atoms with E-state index in [2.05, 4.69) is 9.97 Å². The van der Waals surface area contributed by atoms with Crippen LogP contribution < -0.4 is 4.18 Å². The average molecular weight is 409 g/mol. The maximum absolute atomic E-state index is 12.4. The third kappa shape index (κ3) is 3.95. The molecular weight excluding hydrogens is 392 g/mol. The second-order valence-corrected chi connectivity index (χ2v) is 8.72. The van der Waals surface area contributed by atoms with Crippen LogP contribution in [0.25, 0.3) is 21.0 Å². The third-order valence-electron chi connectivity index (χ3n) is 4.07. The summed E-state index contributed by atoms with van der Waals surface area (Å²) in [5.74, 6) is 0.265. The molecule has 0 N–H and O–H groups in total. The van der Waals surface area contributed by atoms with Crippen LogP contribution in [0.15, 0.2) is 84.1 Å². The lowest BCUT2D eigenvalue weighted by molar-refractivity contribution is 0.486. The van der Waals surface area contributed by atoms with E-state index < -0.39 is 10.1 Å². The zero-order valence-electron chi connectivity index (χ0n) is 14.9. The molecule has 0 radical (unpaired) electrons. The van der Waals surface area contributed by atoms with E-state index in [0.717, 1.165) is 26.6 Å². The van der Waals surface area contributed by atoms with Gasteiger partial charge in [0.05, 0.1) is 4.88 Å². The van der Waals surface area contributed by atoms with Crippen molar-refractivity contribution in [3.63, 3.8) is 0 Å². The van der Waals surface area contributed by atoms with E-state index in [1.807, 2.05) is 31.2 Å². The molecule has 0 spiro atoms. The Morgan fingerprint density at radius 2 is 1.64 bits per heavy atom. The first-order valence-corrected chi connectivity index (χ1v) is 10.7. The molecule has 0 aliphatic rings. The predicted octanol–water partition coefficient (Wildman–Crippen LogP) is 4.95. The Hall–Kier alpha value is -3.03. The monoisotopic (exact) mass is 408 g/mol. The van der Waals surface area contributed by atoms with E-state index >= 15 is 0 Å². The molecule has 0 atom stereocenters. The third-order valence-corrected chi connectivity index (χ3v) is 6.43. The molecule has 5 nitrogen and oxygen atoms in total. The van der Waals surface area contributed by atoms with Gasteiger partial charge >= 0.3 is 10.1 Å². The van der Waals surface area contributed by atoms with E-state index in [-0.39, 0.29) is 10.6 Å². The molecule has 4 aromatic rings. The van der Waals surface area contributed by atoms with Crippen molar-refractivity contribution in [3.8, 4) is 26.8 Å². The Labute approximate surface area is 167 Å². The molecule has 0 aliphatic carbocycles. The molecule has 0 fully saturated rings. The molecule has 2 aromatic heterocycles. The van der Waals surface area contributed by atoms with Gasteiger partial charge in [-0.1, -0.05) is 17.7 Å². The second-order valence-electron chi connectivity index (χ2n) is 6.15. The van der Waals surface area contributed by atoms with Crippen molar-refractivity contribution in [1.29, 1.82) is 0 Å². The fourth-order valence-electron chi connectivity index (χ4n) is 2.58. The summed E-state index contributed by atoms with van der Waals surface area (Å²) in [7, 11) is -3.86. The number of benzene rings is 2. The molecule has 2 aromatic carbocycles. The average Bonchev–Trinajstić information content (AvgIpc) is 3.19. The summed E-state index contributed by atoms with van der Waals surface area (Å²) in [4.78, 5) is 9.66. The minimum atomic E-state index is -3.86. The Morgan fingerprint density at radius 1 is 0.893 bits per heavy atom. The van der Waals surface area contributed by atoms with Gasteiger partial charge in [-0.05, 0) is 61.0 Å². The molecular formula is C21H16N2O3S2. The zero-order valence-corrected chi connectivity index (χ0v) is 16.6. The Balaban J connectivity index is 1.53. The van der Waals surface area contributed by atoms with Crippen LogP contribution in [-0.2, 0) is 10.1 Å². The smallest absolute Gasteiger partial charge is 0.339 e. The molecule has 28 heavy (non-hydrogen) atoms. The van der Waals surface area contributed by atoms with Crippen molar-refractivity contribution < 1.29 is 12.6 Å². The van der Waals surface area contributed by atoms with Gasteiger partial charge in [-0.3, -0.25) is 4.98 Å². The van der Waals surface area contributed by atoms with Crippen LogP contribution >= 0.6 is 11.3 Å². The van der Waals surface area contributed by atoms with Gasteiger partial charge in [0.2, 0.25) is 0 Å². The van der Waals surface area contributed by atoms with Crippen LogP contribution in [0.2, 0.25) is 0 Å². The summed E-state index contributed by atoms with van der Waals surface area (Å²) in [5.41, 5.74) is 2.88.